The van der Waals surface area contributed by atoms with Crippen molar-refractivity contribution in [1.82, 2.24) is 30.0 Å². The number of hydrogen-bond donors (Lipinski definition) is 1. The van der Waals surface area contributed by atoms with Crippen LogP contribution in [0.4, 0.5) is 0 Å². The first-order chi connectivity index (χ1) is 13.4. The fraction of sp³-hybridized carbons (Fsp3) is 0.200. The average Bonchev–Trinajstić information content (AvgIpc) is 3.28. The summed E-state index contributed by atoms with van der Waals surface area (Å²) in [5.74, 6) is 0. The van der Waals surface area contributed by atoms with Gasteiger partial charge in [-0.2, -0.15) is 4.68 Å². The zero-order valence-corrected chi connectivity index (χ0v) is 16.6. The Kier molecular flexibility index (Phi) is 4.64. The highest BCUT2D eigenvalue weighted by Crippen LogP contribution is 2.33. The molecule has 0 aliphatic heterocycles. The third-order valence-electron chi connectivity index (χ3n) is 4.25. The maximum Gasteiger partial charge on any atom is 0.285 e. The lowest BCUT2D eigenvalue weighted by atomic mass is 9.92. The molecule has 8 heteroatoms. The van der Waals surface area contributed by atoms with E-state index in [1.807, 2.05) is 60.7 Å². The number of rotatable bonds is 4. The Morgan fingerprint density at radius 3 is 2.14 bits per heavy atom. The van der Waals surface area contributed by atoms with E-state index < -0.39 is 0 Å². The quantitative estimate of drug-likeness (QED) is 0.574. The summed E-state index contributed by atoms with van der Waals surface area (Å²) in [4.78, 5) is 13.8. The van der Waals surface area contributed by atoms with Crippen LogP contribution in [0.1, 0.15) is 26.5 Å². The molecule has 0 saturated heterocycles. The van der Waals surface area contributed by atoms with Gasteiger partial charge in [0.2, 0.25) is 5.16 Å². The van der Waals surface area contributed by atoms with E-state index in [9.17, 15) is 4.79 Å². The molecule has 0 amide bonds. The fourth-order valence-electron chi connectivity index (χ4n) is 2.85. The van der Waals surface area contributed by atoms with E-state index in [2.05, 4.69) is 41.4 Å². The number of para-hydroxylation sites is 2. The Labute approximate surface area is 166 Å². The van der Waals surface area contributed by atoms with Gasteiger partial charge in [-0.3, -0.25) is 9.89 Å². The smallest absolute Gasteiger partial charge is 0.285 e. The van der Waals surface area contributed by atoms with Crippen molar-refractivity contribution in [2.24, 2.45) is 0 Å². The largest absolute Gasteiger partial charge is 0.293 e. The molecule has 0 aliphatic carbocycles. The summed E-state index contributed by atoms with van der Waals surface area (Å²) < 4.78 is 3.20. The lowest BCUT2D eigenvalue weighted by Crippen LogP contribution is -2.15. The summed E-state index contributed by atoms with van der Waals surface area (Å²) in [7, 11) is 0. The maximum atomic E-state index is 13.2. The Bertz CT molecular complexity index is 1140. The van der Waals surface area contributed by atoms with Crippen LogP contribution in [0.25, 0.3) is 11.4 Å². The molecule has 2 aromatic heterocycles. The first-order valence-corrected chi connectivity index (χ1v) is 9.69. The van der Waals surface area contributed by atoms with Gasteiger partial charge in [0.05, 0.1) is 17.1 Å². The summed E-state index contributed by atoms with van der Waals surface area (Å²) in [5, 5.41) is 15.8. The highest BCUT2D eigenvalue weighted by Gasteiger charge is 2.27. The van der Waals surface area contributed by atoms with Crippen molar-refractivity contribution in [1.29, 1.82) is 0 Å². The van der Waals surface area contributed by atoms with E-state index in [1.165, 1.54) is 11.8 Å². The van der Waals surface area contributed by atoms with E-state index in [4.69, 9.17) is 0 Å². The summed E-state index contributed by atoms with van der Waals surface area (Å²) in [5.41, 5.74) is 2.09. The van der Waals surface area contributed by atoms with Gasteiger partial charge in [0.1, 0.15) is 4.90 Å². The van der Waals surface area contributed by atoms with Gasteiger partial charge < -0.3 is 0 Å². The van der Waals surface area contributed by atoms with Crippen molar-refractivity contribution in [2.75, 3.05) is 0 Å². The van der Waals surface area contributed by atoms with Crippen molar-refractivity contribution in [2.45, 2.75) is 36.2 Å². The van der Waals surface area contributed by atoms with Gasteiger partial charge in [-0.25, -0.2) is 4.68 Å². The summed E-state index contributed by atoms with van der Waals surface area (Å²) in [6.45, 7) is 6.20. The molecule has 0 fully saturated rings. The molecule has 0 radical (unpaired) electrons. The third-order valence-corrected chi connectivity index (χ3v) is 5.27. The molecule has 1 N–H and O–H groups in total. The van der Waals surface area contributed by atoms with Crippen molar-refractivity contribution in [3.63, 3.8) is 0 Å². The van der Waals surface area contributed by atoms with Gasteiger partial charge in [0, 0.05) is 5.41 Å². The van der Waals surface area contributed by atoms with E-state index in [1.54, 1.807) is 9.36 Å². The second-order valence-corrected chi connectivity index (χ2v) is 8.33. The number of hydrogen-bond acceptors (Lipinski definition) is 5. The van der Waals surface area contributed by atoms with Gasteiger partial charge in [-0.1, -0.05) is 57.2 Å². The number of aromatic amines is 1. The van der Waals surface area contributed by atoms with Crippen LogP contribution in [-0.4, -0.2) is 30.0 Å². The average molecular weight is 392 g/mol. The monoisotopic (exact) mass is 392 g/mol. The minimum atomic E-state index is -0.257. The van der Waals surface area contributed by atoms with Crippen LogP contribution >= 0.6 is 11.8 Å². The van der Waals surface area contributed by atoms with Crippen LogP contribution in [0.15, 0.2) is 75.5 Å². The summed E-state index contributed by atoms with van der Waals surface area (Å²) in [6, 6.07) is 19.1. The Morgan fingerprint density at radius 2 is 1.54 bits per heavy atom. The number of nitrogens with zero attached hydrogens (tertiary/aromatic N) is 5. The second kappa shape index (κ2) is 7.12. The van der Waals surface area contributed by atoms with Crippen LogP contribution in [-0.2, 0) is 5.41 Å². The summed E-state index contributed by atoms with van der Waals surface area (Å²) >= 11 is 1.27. The number of benzene rings is 2. The molecule has 2 aromatic carbocycles. The molecule has 142 valence electrons. The van der Waals surface area contributed by atoms with Crippen molar-refractivity contribution >= 4 is 11.8 Å². The van der Waals surface area contributed by atoms with Crippen LogP contribution in [0.3, 0.4) is 0 Å². The Morgan fingerprint density at radius 1 is 0.929 bits per heavy atom. The zero-order chi connectivity index (χ0) is 19.7. The molecule has 0 saturated carbocycles. The maximum absolute atomic E-state index is 13.2. The number of aromatic nitrogens is 6. The van der Waals surface area contributed by atoms with E-state index in [-0.39, 0.29) is 11.0 Å². The molecule has 4 rings (SSSR count). The topological polar surface area (TPSA) is 81.4 Å². The first-order valence-electron chi connectivity index (χ1n) is 8.88. The van der Waals surface area contributed by atoms with Crippen molar-refractivity contribution in [3.8, 4) is 11.4 Å². The molecular formula is C20H20N6OS. The van der Waals surface area contributed by atoms with Gasteiger partial charge in [0.15, 0.2) is 0 Å². The first kappa shape index (κ1) is 18.2. The number of nitrogens with one attached hydrogen (secondary N) is 1. The van der Waals surface area contributed by atoms with Gasteiger partial charge >= 0.3 is 0 Å². The predicted octanol–water partition coefficient (Wildman–Crippen LogP) is 3.59. The van der Waals surface area contributed by atoms with Crippen molar-refractivity contribution in [3.05, 3.63) is 76.7 Å². The van der Waals surface area contributed by atoms with Gasteiger partial charge in [0.25, 0.3) is 5.56 Å². The molecular weight excluding hydrogens is 372 g/mol. The third kappa shape index (κ3) is 3.38. The van der Waals surface area contributed by atoms with E-state index in [0.717, 1.165) is 17.1 Å². The van der Waals surface area contributed by atoms with Crippen LogP contribution < -0.4 is 5.56 Å². The molecule has 0 atom stereocenters. The minimum Gasteiger partial charge on any atom is -0.293 e. The van der Waals surface area contributed by atoms with Gasteiger partial charge in [-0.15, -0.1) is 5.10 Å². The lowest BCUT2D eigenvalue weighted by molar-refractivity contribution is 0.550. The molecule has 0 spiro atoms. The van der Waals surface area contributed by atoms with Gasteiger partial charge in [-0.05, 0) is 46.5 Å². The normalized spacial score (nSPS) is 11.7. The molecule has 7 nitrogen and oxygen atoms in total. The zero-order valence-electron chi connectivity index (χ0n) is 15.8. The Balaban J connectivity index is 1.82. The van der Waals surface area contributed by atoms with E-state index in [0.29, 0.717) is 10.1 Å². The van der Waals surface area contributed by atoms with E-state index >= 15 is 0 Å². The van der Waals surface area contributed by atoms with Crippen LogP contribution in [0.5, 0.6) is 0 Å². The molecule has 0 aliphatic rings. The number of H-pyrrole nitrogens is 1. The molecule has 0 bridgehead atoms. The van der Waals surface area contributed by atoms with Crippen molar-refractivity contribution < 1.29 is 0 Å². The molecule has 28 heavy (non-hydrogen) atoms. The Hall–Kier alpha value is -3.13. The minimum absolute atomic E-state index is 0.122. The van der Waals surface area contributed by atoms with Crippen LogP contribution in [0.2, 0.25) is 0 Å². The fourth-order valence-corrected chi connectivity index (χ4v) is 3.97. The highest BCUT2D eigenvalue weighted by molar-refractivity contribution is 7.99. The SMILES string of the molecule is CC(C)(C)c1[nH]n(-c2ccccc2)c(=O)c1Sc1nnnn1-c1ccccc1. The molecule has 0 unspecified atom stereocenters. The highest BCUT2D eigenvalue weighted by atomic mass is 32.2. The summed E-state index contributed by atoms with van der Waals surface area (Å²) in [6.07, 6.45) is 0. The standard InChI is InChI=1S/C20H20N6OS/c1-20(2,3)17-16(18(27)25(22-17)14-10-6-4-7-11-14)28-19-21-23-24-26(19)15-12-8-5-9-13-15/h4-13,22H,1-3H3. The second-order valence-electron chi connectivity index (χ2n) is 7.35. The molecule has 2 heterocycles. The predicted molar refractivity (Wildman–Crippen MR) is 108 cm³/mol. The number of tetrazole rings is 1. The lowest BCUT2D eigenvalue weighted by Gasteiger charge is -2.17. The van der Waals surface area contributed by atoms with Crippen LogP contribution in [0, 0.1) is 0 Å². The molecule has 4 aromatic rings.